The van der Waals surface area contributed by atoms with Gasteiger partial charge in [-0.3, -0.25) is 9.59 Å². The second-order valence-corrected chi connectivity index (χ2v) is 5.96. The van der Waals surface area contributed by atoms with E-state index >= 15 is 0 Å². The Morgan fingerprint density at radius 1 is 0.958 bits per heavy atom. The monoisotopic (exact) mass is 332 g/mol. The summed E-state index contributed by atoms with van der Waals surface area (Å²) in [5.41, 5.74) is 0.618. The van der Waals surface area contributed by atoms with Crippen molar-refractivity contribution in [2.24, 2.45) is 0 Å². The SMILES string of the molecule is COc1ccc(C(=O)N2CCCN(C(=O)CCC(C)=O)CC2)cc1. The Morgan fingerprint density at radius 2 is 1.58 bits per heavy atom. The van der Waals surface area contributed by atoms with Gasteiger partial charge in [0.05, 0.1) is 7.11 Å². The minimum absolute atomic E-state index is 0.0102. The molecule has 1 aliphatic heterocycles. The Morgan fingerprint density at radius 3 is 2.21 bits per heavy atom. The number of carbonyl (C=O) groups excluding carboxylic acids is 3. The molecule has 0 radical (unpaired) electrons. The maximum atomic E-state index is 12.6. The lowest BCUT2D eigenvalue weighted by Crippen LogP contribution is -2.37. The summed E-state index contributed by atoms with van der Waals surface area (Å²) in [6, 6.07) is 7.04. The van der Waals surface area contributed by atoms with Crippen molar-refractivity contribution in [1.82, 2.24) is 9.80 Å². The van der Waals surface area contributed by atoms with Gasteiger partial charge in [0.2, 0.25) is 5.91 Å². The molecule has 0 saturated carbocycles. The average Bonchev–Trinajstić information content (AvgIpc) is 2.85. The Kier molecular flexibility index (Phi) is 6.35. The van der Waals surface area contributed by atoms with Crippen molar-refractivity contribution in [2.45, 2.75) is 26.2 Å². The quantitative estimate of drug-likeness (QED) is 0.824. The van der Waals surface area contributed by atoms with Crippen molar-refractivity contribution in [1.29, 1.82) is 0 Å². The molecule has 2 amide bonds. The number of ketones is 1. The van der Waals surface area contributed by atoms with Crippen molar-refractivity contribution in [2.75, 3.05) is 33.3 Å². The van der Waals surface area contributed by atoms with Gasteiger partial charge in [0.1, 0.15) is 11.5 Å². The van der Waals surface area contributed by atoms with E-state index in [9.17, 15) is 14.4 Å². The maximum absolute atomic E-state index is 12.6. The predicted molar refractivity (Wildman–Crippen MR) is 90.0 cm³/mol. The van der Waals surface area contributed by atoms with Gasteiger partial charge in [-0.2, -0.15) is 0 Å². The topological polar surface area (TPSA) is 66.9 Å². The molecule has 0 aromatic heterocycles. The van der Waals surface area contributed by atoms with Gasteiger partial charge in [-0.15, -0.1) is 0 Å². The first-order chi connectivity index (χ1) is 11.5. The third-order valence-electron chi connectivity index (χ3n) is 4.16. The predicted octanol–water partition coefficient (Wildman–Crippen LogP) is 1.74. The van der Waals surface area contributed by atoms with Crippen LogP contribution in [-0.2, 0) is 9.59 Å². The van der Waals surface area contributed by atoms with E-state index in [2.05, 4.69) is 0 Å². The van der Waals surface area contributed by atoms with E-state index in [1.54, 1.807) is 41.2 Å². The first-order valence-electron chi connectivity index (χ1n) is 8.22. The summed E-state index contributed by atoms with van der Waals surface area (Å²) >= 11 is 0. The fraction of sp³-hybridized carbons (Fsp3) is 0.500. The van der Waals surface area contributed by atoms with E-state index in [4.69, 9.17) is 4.74 Å². The molecule has 1 aromatic carbocycles. The molecule has 1 fully saturated rings. The number of hydrogen-bond donors (Lipinski definition) is 0. The molecule has 6 nitrogen and oxygen atoms in total. The van der Waals surface area contributed by atoms with Crippen LogP contribution in [0, 0.1) is 0 Å². The third kappa shape index (κ3) is 4.81. The van der Waals surface area contributed by atoms with Crippen molar-refractivity contribution in [3.05, 3.63) is 29.8 Å². The van der Waals surface area contributed by atoms with E-state index in [0.29, 0.717) is 37.5 Å². The highest BCUT2D eigenvalue weighted by Gasteiger charge is 2.22. The Bertz CT molecular complexity index is 598. The van der Waals surface area contributed by atoms with E-state index in [0.717, 1.165) is 6.42 Å². The molecule has 0 N–H and O–H groups in total. The van der Waals surface area contributed by atoms with Crippen molar-refractivity contribution in [3.63, 3.8) is 0 Å². The number of Topliss-reactive ketones (excluding diaryl/α,β-unsaturated/α-hetero) is 1. The fourth-order valence-corrected chi connectivity index (χ4v) is 2.73. The van der Waals surface area contributed by atoms with E-state index < -0.39 is 0 Å². The minimum atomic E-state index is -0.0318. The smallest absolute Gasteiger partial charge is 0.253 e. The first-order valence-corrected chi connectivity index (χ1v) is 8.22. The Balaban J connectivity index is 1.93. The summed E-state index contributed by atoms with van der Waals surface area (Å²) in [6.07, 6.45) is 1.28. The van der Waals surface area contributed by atoms with Gasteiger partial charge in [-0.05, 0) is 37.6 Å². The number of nitrogens with zero attached hydrogens (tertiary/aromatic N) is 2. The molecule has 1 heterocycles. The van der Waals surface area contributed by atoms with Gasteiger partial charge in [0, 0.05) is 44.6 Å². The van der Waals surface area contributed by atoms with Crippen molar-refractivity contribution < 1.29 is 19.1 Å². The molecule has 0 aliphatic carbocycles. The highest BCUT2D eigenvalue weighted by Crippen LogP contribution is 2.15. The van der Waals surface area contributed by atoms with E-state index in [1.165, 1.54) is 6.92 Å². The average molecular weight is 332 g/mol. The van der Waals surface area contributed by atoms with Crippen molar-refractivity contribution in [3.8, 4) is 5.75 Å². The molecule has 6 heteroatoms. The second kappa shape index (κ2) is 8.47. The van der Waals surface area contributed by atoms with Gasteiger partial charge in [0.25, 0.3) is 5.91 Å². The lowest BCUT2D eigenvalue weighted by atomic mass is 10.2. The Labute approximate surface area is 142 Å². The summed E-state index contributed by atoms with van der Waals surface area (Å²) < 4.78 is 5.10. The summed E-state index contributed by atoms with van der Waals surface area (Å²) in [6.45, 7) is 3.77. The molecule has 24 heavy (non-hydrogen) atoms. The number of amides is 2. The molecule has 1 aromatic rings. The van der Waals surface area contributed by atoms with E-state index in [1.807, 2.05) is 0 Å². The number of methoxy groups -OCH3 is 1. The fourth-order valence-electron chi connectivity index (χ4n) is 2.73. The number of rotatable bonds is 5. The highest BCUT2D eigenvalue weighted by atomic mass is 16.5. The molecule has 0 unspecified atom stereocenters. The summed E-state index contributed by atoms with van der Waals surface area (Å²) in [4.78, 5) is 39.3. The largest absolute Gasteiger partial charge is 0.497 e. The van der Waals surface area contributed by atoms with Crippen molar-refractivity contribution >= 4 is 17.6 Å². The minimum Gasteiger partial charge on any atom is -0.497 e. The van der Waals surface area contributed by atoms with Crippen LogP contribution >= 0.6 is 0 Å². The molecule has 1 saturated heterocycles. The van der Waals surface area contributed by atoms with Crippen LogP contribution in [0.2, 0.25) is 0 Å². The normalized spacial score (nSPS) is 14.9. The lowest BCUT2D eigenvalue weighted by molar-refractivity contribution is -0.132. The second-order valence-electron chi connectivity index (χ2n) is 5.96. The summed E-state index contributed by atoms with van der Waals surface area (Å²) in [5, 5.41) is 0. The number of hydrogen-bond acceptors (Lipinski definition) is 4. The van der Waals surface area contributed by atoms with Gasteiger partial charge < -0.3 is 19.3 Å². The maximum Gasteiger partial charge on any atom is 0.253 e. The van der Waals surface area contributed by atoms with Crippen LogP contribution in [0.1, 0.15) is 36.5 Å². The van der Waals surface area contributed by atoms with Gasteiger partial charge in [-0.25, -0.2) is 0 Å². The molecular weight excluding hydrogens is 308 g/mol. The Hall–Kier alpha value is -2.37. The zero-order chi connectivity index (χ0) is 17.5. The number of ether oxygens (including phenoxy) is 1. The van der Waals surface area contributed by atoms with Crippen LogP contribution < -0.4 is 4.74 Å². The van der Waals surface area contributed by atoms with Crippen LogP contribution in [-0.4, -0.2) is 60.7 Å². The van der Waals surface area contributed by atoms with Crippen LogP contribution in [0.4, 0.5) is 0 Å². The van der Waals surface area contributed by atoms with Crippen LogP contribution in [0.5, 0.6) is 5.75 Å². The molecule has 0 bridgehead atoms. The summed E-state index contributed by atoms with van der Waals surface area (Å²) in [7, 11) is 1.59. The zero-order valence-electron chi connectivity index (χ0n) is 14.3. The van der Waals surface area contributed by atoms with Crippen LogP contribution in [0.15, 0.2) is 24.3 Å². The summed E-state index contributed by atoms with van der Waals surface area (Å²) in [5.74, 6) is 0.693. The molecule has 130 valence electrons. The highest BCUT2D eigenvalue weighted by molar-refractivity contribution is 5.94. The first kappa shape index (κ1) is 18.0. The lowest BCUT2D eigenvalue weighted by Gasteiger charge is -2.22. The third-order valence-corrected chi connectivity index (χ3v) is 4.16. The van der Waals surface area contributed by atoms with Gasteiger partial charge in [-0.1, -0.05) is 0 Å². The van der Waals surface area contributed by atoms with Gasteiger partial charge in [0.15, 0.2) is 0 Å². The molecular formula is C18H24N2O4. The van der Waals surface area contributed by atoms with E-state index in [-0.39, 0.29) is 30.4 Å². The molecule has 0 spiro atoms. The standard InChI is InChI=1S/C18H24N2O4/c1-14(21)4-9-17(22)19-10-3-11-20(13-12-19)18(23)15-5-7-16(24-2)8-6-15/h5-8H,3-4,9-13H2,1-2H3. The number of carbonyl (C=O) groups is 3. The number of benzene rings is 1. The van der Waals surface area contributed by atoms with Crippen LogP contribution in [0.3, 0.4) is 0 Å². The molecule has 0 atom stereocenters. The molecule has 1 aliphatic rings. The van der Waals surface area contributed by atoms with Crippen LogP contribution in [0.25, 0.3) is 0 Å². The van der Waals surface area contributed by atoms with Gasteiger partial charge >= 0.3 is 0 Å². The zero-order valence-corrected chi connectivity index (χ0v) is 14.3. The molecule has 2 rings (SSSR count).